The number of alkyl carbamates (subject to hydrolysis) is 1. The summed E-state index contributed by atoms with van der Waals surface area (Å²) < 4.78 is 16.8. The van der Waals surface area contributed by atoms with E-state index in [-0.39, 0.29) is 12.1 Å². The highest BCUT2D eigenvalue weighted by Gasteiger charge is 2.38. The lowest BCUT2D eigenvalue weighted by molar-refractivity contribution is -0.141. The molecule has 0 aromatic carbocycles. The Labute approximate surface area is 136 Å². The smallest absolute Gasteiger partial charge is 0.407 e. The summed E-state index contributed by atoms with van der Waals surface area (Å²) in [6.07, 6.45) is 2.99. The summed E-state index contributed by atoms with van der Waals surface area (Å²) in [6, 6.07) is 1.41. The molecule has 1 aliphatic rings. The molecule has 0 saturated carbocycles. The Morgan fingerprint density at radius 3 is 2.61 bits per heavy atom. The van der Waals surface area contributed by atoms with Crippen molar-refractivity contribution in [3.05, 3.63) is 24.3 Å². The van der Waals surface area contributed by atoms with Crippen molar-refractivity contribution in [1.82, 2.24) is 15.3 Å². The van der Waals surface area contributed by atoms with Crippen molar-refractivity contribution >= 4 is 6.09 Å². The van der Waals surface area contributed by atoms with E-state index < -0.39 is 17.5 Å². The second-order valence-corrected chi connectivity index (χ2v) is 6.99. The molecule has 0 bridgehead atoms. The molecular weight excluding hydrogens is 298 g/mol. The molecule has 1 amide bonds. The summed E-state index contributed by atoms with van der Waals surface area (Å²) in [5.74, 6) is -0.0438. The quantitative estimate of drug-likeness (QED) is 0.913. The third-order valence-electron chi connectivity index (χ3n) is 3.20. The van der Waals surface area contributed by atoms with Crippen molar-refractivity contribution in [2.75, 3.05) is 6.61 Å². The highest BCUT2D eigenvalue weighted by Crippen LogP contribution is 2.25. The van der Waals surface area contributed by atoms with Crippen LogP contribution in [0, 0.1) is 0 Å². The topological polar surface area (TPSA) is 82.6 Å². The molecule has 7 heteroatoms. The number of ether oxygens (including phenoxy) is 3. The number of carbonyl (C=O) groups is 1. The summed E-state index contributed by atoms with van der Waals surface area (Å²) in [4.78, 5) is 20.5. The maximum absolute atomic E-state index is 12.1. The Hall–Kier alpha value is -1.73. The SMILES string of the molecule is CC(C)(C)OC(=O)NC(Cc1ncccn1)[C@H]1COC(C)(C)O1. The van der Waals surface area contributed by atoms with Crippen LogP contribution in [0.3, 0.4) is 0 Å². The molecule has 7 nitrogen and oxygen atoms in total. The van der Waals surface area contributed by atoms with Crippen molar-refractivity contribution in [1.29, 1.82) is 0 Å². The minimum Gasteiger partial charge on any atom is -0.444 e. The van der Waals surface area contributed by atoms with E-state index in [1.165, 1.54) is 0 Å². The van der Waals surface area contributed by atoms with Crippen LogP contribution in [0.25, 0.3) is 0 Å². The van der Waals surface area contributed by atoms with Crippen LogP contribution in [0.5, 0.6) is 0 Å². The van der Waals surface area contributed by atoms with Crippen molar-refractivity contribution in [2.24, 2.45) is 0 Å². The maximum Gasteiger partial charge on any atom is 0.407 e. The second kappa shape index (κ2) is 6.80. The van der Waals surface area contributed by atoms with E-state index in [0.29, 0.717) is 18.9 Å². The minimum atomic E-state index is -0.671. The van der Waals surface area contributed by atoms with Gasteiger partial charge in [0.15, 0.2) is 5.79 Å². The van der Waals surface area contributed by atoms with Crippen molar-refractivity contribution in [3.63, 3.8) is 0 Å². The number of rotatable bonds is 4. The Balaban J connectivity index is 2.07. The van der Waals surface area contributed by atoms with Gasteiger partial charge in [-0.25, -0.2) is 14.8 Å². The molecule has 1 aromatic heterocycles. The van der Waals surface area contributed by atoms with E-state index in [2.05, 4.69) is 15.3 Å². The number of carbonyl (C=O) groups excluding carboxylic acids is 1. The molecule has 0 aliphatic carbocycles. The van der Waals surface area contributed by atoms with Gasteiger partial charge in [-0.05, 0) is 40.7 Å². The molecule has 1 aromatic rings. The molecule has 1 saturated heterocycles. The van der Waals surface area contributed by atoms with E-state index in [1.807, 2.05) is 34.6 Å². The molecule has 2 atom stereocenters. The molecule has 0 radical (unpaired) electrons. The van der Waals surface area contributed by atoms with Crippen LogP contribution in [-0.4, -0.2) is 46.2 Å². The van der Waals surface area contributed by atoms with Crippen LogP contribution in [0.2, 0.25) is 0 Å². The number of nitrogens with zero attached hydrogens (tertiary/aromatic N) is 2. The van der Waals surface area contributed by atoms with Crippen LogP contribution in [0.15, 0.2) is 18.5 Å². The van der Waals surface area contributed by atoms with E-state index in [1.54, 1.807) is 18.5 Å². The zero-order valence-electron chi connectivity index (χ0n) is 14.3. The van der Waals surface area contributed by atoms with Crippen LogP contribution >= 0.6 is 0 Å². The van der Waals surface area contributed by atoms with E-state index in [4.69, 9.17) is 14.2 Å². The predicted molar refractivity (Wildman–Crippen MR) is 83.8 cm³/mol. The second-order valence-electron chi connectivity index (χ2n) is 6.99. The van der Waals surface area contributed by atoms with Gasteiger partial charge in [0.2, 0.25) is 0 Å². The molecule has 1 unspecified atom stereocenters. The van der Waals surface area contributed by atoms with Gasteiger partial charge >= 0.3 is 6.09 Å². The van der Waals surface area contributed by atoms with Crippen LogP contribution < -0.4 is 5.32 Å². The molecule has 1 N–H and O–H groups in total. The summed E-state index contributed by atoms with van der Waals surface area (Å²) in [5.41, 5.74) is -0.565. The fraction of sp³-hybridized carbons (Fsp3) is 0.688. The first-order valence-corrected chi connectivity index (χ1v) is 7.72. The fourth-order valence-electron chi connectivity index (χ4n) is 2.28. The van der Waals surface area contributed by atoms with E-state index in [0.717, 1.165) is 0 Å². The van der Waals surface area contributed by atoms with Crippen molar-refractivity contribution < 1.29 is 19.0 Å². The molecule has 2 rings (SSSR count). The van der Waals surface area contributed by atoms with Gasteiger partial charge < -0.3 is 19.5 Å². The lowest BCUT2D eigenvalue weighted by atomic mass is 10.1. The molecule has 23 heavy (non-hydrogen) atoms. The predicted octanol–water partition coefficient (Wildman–Crippen LogP) is 2.06. The minimum absolute atomic E-state index is 0.290. The Kier molecular flexibility index (Phi) is 5.21. The first kappa shape index (κ1) is 17.6. The molecule has 2 heterocycles. The number of amides is 1. The number of hydrogen-bond acceptors (Lipinski definition) is 6. The summed E-state index contributed by atoms with van der Waals surface area (Å²) in [6.45, 7) is 9.54. The summed E-state index contributed by atoms with van der Waals surface area (Å²) in [5, 5.41) is 2.86. The van der Waals surface area contributed by atoms with Crippen LogP contribution in [-0.2, 0) is 20.6 Å². The number of nitrogens with one attached hydrogen (secondary N) is 1. The Morgan fingerprint density at radius 2 is 2.09 bits per heavy atom. The van der Waals surface area contributed by atoms with Gasteiger partial charge in [0.1, 0.15) is 17.5 Å². The largest absolute Gasteiger partial charge is 0.444 e. The molecule has 1 aliphatic heterocycles. The van der Waals surface area contributed by atoms with Gasteiger partial charge in [-0.15, -0.1) is 0 Å². The van der Waals surface area contributed by atoms with Gasteiger partial charge in [-0.1, -0.05) is 0 Å². The zero-order chi connectivity index (χ0) is 17.1. The first-order chi connectivity index (χ1) is 10.6. The van der Waals surface area contributed by atoms with Crippen molar-refractivity contribution in [3.8, 4) is 0 Å². The molecular formula is C16H25N3O4. The van der Waals surface area contributed by atoms with E-state index >= 15 is 0 Å². The standard InChI is InChI=1S/C16H25N3O4/c1-15(2,3)23-14(20)19-11(9-13-17-7-6-8-18-13)12-10-21-16(4,5)22-12/h6-8,11-12H,9-10H2,1-5H3,(H,19,20)/t11?,12-/m1/s1. The van der Waals surface area contributed by atoms with Gasteiger partial charge in [0.05, 0.1) is 12.6 Å². The number of aromatic nitrogens is 2. The molecule has 0 spiro atoms. The Bertz CT molecular complexity index is 528. The maximum atomic E-state index is 12.1. The lowest BCUT2D eigenvalue weighted by Gasteiger charge is -2.27. The first-order valence-electron chi connectivity index (χ1n) is 7.72. The normalized spacial score (nSPS) is 21.7. The highest BCUT2D eigenvalue weighted by molar-refractivity contribution is 5.68. The third-order valence-corrected chi connectivity index (χ3v) is 3.20. The van der Waals surface area contributed by atoms with Gasteiger partial charge in [-0.3, -0.25) is 0 Å². The average Bonchev–Trinajstić information content (AvgIpc) is 2.77. The molecule has 1 fully saturated rings. The van der Waals surface area contributed by atoms with Crippen molar-refractivity contribution in [2.45, 2.75) is 64.6 Å². The average molecular weight is 323 g/mol. The summed E-state index contributed by atoms with van der Waals surface area (Å²) >= 11 is 0. The Morgan fingerprint density at radius 1 is 1.43 bits per heavy atom. The third kappa shape index (κ3) is 5.76. The number of hydrogen-bond donors (Lipinski definition) is 1. The zero-order valence-corrected chi connectivity index (χ0v) is 14.3. The monoisotopic (exact) mass is 323 g/mol. The van der Waals surface area contributed by atoms with Crippen LogP contribution in [0.4, 0.5) is 4.79 Å². The van der Waals surface area contributed by atoms with Gasteiger partial charge in [-0.2, -0.15) is 0 Å². The molecule has 128 valence electrons. The van der Waals surface area contributed by atoms with Gasteiger partial charge in [0.25, 0.3) is 0 Å². The fourth-order valence-corrected chi connectivity index (χ4v) is 2.28. The lowest BCUT2D eigenvalue weighted by Crippen LogP contribution is -2.48. The van der Waals surface area contributed by atoms with Crippen LogP contribution in [0.1, 0.15) is 40.4 Å². The summed E-state index contributed by atoms with van der Waals surface area (Å²) in [7, 11) is 0. The van der Waals surface area contributed by atoms with E-state index in [9.17, 15) is 4.79 Å². The van der Waals surface area contributed by atoms with Gasteiger partial charge in [0, 0.05) is 18.8 Å². The highest BCUT2D eigenvalue weighted by atomic mass is 16.7.